The number of benzene rings is 1. The SMILES string of the molecule is O=C(c1ccccc1-n1ccnc1)C1CC[N]CC1. The normalized spacial score (nSPS) is 16.4. The van der Waals surface area contributed by atoms with Crippen molar-refractivity contribution in [2.45, 2.75) is 12.8 Å². The number of imidazole rings is 1. The molecule has 1 aliphatic heterocycles. The number of rotatable bonds is 3. The van der Waals surface area contributed by atoms with Gasteiger partial charge in [-0.25, -0.2) is 10.3 Å². The Morgan fingerprint density at radius 2 is 2.00 bits per heavy atom. The highest BCUT2D eigenvalue weighted by molar-refractivity contribution is 6.01. The molecule has 0 aliphatic carbocycles. The Morgan fingerprint density at radius 1 is 1.21 bits per heavy atom. The zero-order valence-electron chi connectivity index (χ0n) is 10.7. The van der Waals surface area contributed by atoms with Gasteiger partial charge in [0.2, 0.25) is 0 Å². The molecular formula is C15H16N3O. The van der Waals surface area contributed by atoms with Gasteiger partial charge in [0.1, 0.15) is 0 Å². The fourth-order valence-electron chi connectivity index (χ4n) is 2.54. The predicted molar refractivity (Wildman–Crippen MR) is 72.5 cm³/mol. The lowest BCUT2D eigenvalue weighted by molar-refractivity contribution is 0.0894. The fraction of sp³-hybridized carbons (Fsp3) is 0.333. The van der Waals surface area contributed by atoms with Gasteiger partial charge in [-0.05, 0) is 25.0 Å². The first-order valence-corrected chi connectivity index (χ1v) is 6.61. The monoisotopic (exact) mass is 254 g/mol. The molecule has 2 heterocycles. The minimum Gasteiger partial charge on any atom is -0.306 e. The van der Waals surface area contributed by atoms with Crippen LogP contribution in [0.1, 0.15) is 23.2 Å². The maximum absolute atomic E-state index is 12.6. The number of nitrogens with zero attached hydrogens (tertiary/aromatic N) is 3. The van der Waals surface area contributed by atoms with Crippen LogP contribution in [0, 0.1) is 5.92 Å². The number of ketones is 1. The van der Waals surface area contributed by atoms with E-state index in [-0.39, 0.29) is 11.7 Å². The Morgan fingerprint density at radius 3 is 2.74 bits per heavy atom. The van der Waals surface area contributed by atoms with Gasteiger partial charge < -0.3 is 4.57 Å². The molecule has 0 atom stereocenters. The molecule has 1 aliphatic rings. The lowest BCUT2D eigenvalue weighted by Crippen LogP contribution is -2.28. The van der Waals surface area contributed by atoms with Crippen molar-refractivity contribution in [1.82, 2.24) is 14.9 Å². The second-order valence-electron chi connectivity index (χ2n) is 4.80. The van der Waals surface area contributed by atoms with E-state index in [1.807, 2.05) is 35.0 Å². The maximum Gasteiger partial charge on any atom is 0.168 e. The van der Waals surface area contributed by atoms with Crippen LogP contribution >= 0.6 is 0 Å². The molecule has 1 radical (unpaired) electrons. The van der Waals surface area contributed by atoms with Gasteiger partial charge in [0.25, 0.3) is 0 Å². The minimum atomic E-state index is 0.113. The smallest absolute Gasteiger partial charge is 0.168 e. The van der Waals surface area contributed by atoms with Crippen molar-refractivity contribution in [3.05, 3.63) is 48.5 Å². The van der Waals surface area contributed by atoms with E-state index in [0.717, 1.165) is 37.2 Å². The molecule has 0 N–H and O–H groups in total. The van der Waals surface area contributed by atoms with Crippen LogP contribution in [0.2, 0.25) is 0 Å². The summed E-state index contributed by atoms with van der Waals surface area (Å²) >= 11 is 0. The summed E-state index contributed by atoms with van der Waals surface area (Å²) in [6.07, 6.45) is 7.06. The van der Waals surface area contributed by atoms with E-state index in [4.69, 9.17) is 0 Å². The third kappa shape index (κ3) is 2.44. The highest BCUT2D eigenvalue weighted by Crippen LogP contribution is 2.23. The van der Waals surface area contributed by atoms with Crippen LogP contribution < -0.4 is 5.32 Å². The van der Waals surface area contributed by atoms with Gasteiger partial charge in [-0.3, -0.25) is 4.79 Å². The summed E-state index contributed by atoms with van der Waals surface area (Å²) < 4.78 is 1.89. The number of para-hydroxylation sites is 1. The van der Waals surface area contributed by atoms with Gasteiger partial charge in [-0.15, -0.1) is 0 Å². The Bertz CT molecular complexity index is 557. The quantitative estimate of drug-likeness (QED) is 0.787. The minimum absolute atomic E-state index is 0.113. The molecular weight excluding hydrogens is 238 g/mol. The highest BCUT2D eigenvalue weighted by atomic mass is 16.1. The number of carbonyl (C=O) groups excluding carboxylic acids is 1. The largest absolute Gasteiger partial charge is 0.306 e. The molecule has 0 spiro atoms. The average molecular weight is 254 g/mol. The predicted octanol–water partition coefficient (Wildman–Crippen LogP) is 2.07. The van der Waals surface area contributed by atoms with Gasteiger partial charge in [0, 0.05) is 37.0 Å². The number of Topliss-reactive ketones (excluding diaryl/α,β-unsaturated/α-hetero) is 1. The molecule has 1 aromatic carbocycles. The van der Waals surface area contributed by atoms with E-state index in [2.05, 4.69) is 10.3 Å². The molecule has 19 heavy (non-hydrogen) atoms. The second-order valence-corrected chi connectivity index (χ2v) is 4.80. The first-order valence-electron chi connectivity index (χ1n) is 6.61. The van der Waals surface area contributed by atoms with Crippen LogP contribution in [0.3, 0.4) is 0 Å². The Labute approximate surface area is 112 Å². The molecule has 1 saturated heterocycles. The summed E-state index contributed by atoms with van der Waals surface area (Å²) in [5.41, 5.74) is 1.69. The summed E-state index contributed by atoms with van der Waals surface area (Å²) in [5.74, 6) is 0.348. The van der Waals surface area contributed by atoms with Crippen molar-refractivity contribution >= 4 is 5.78 Å². The van der Waals surface area contributed by atoms with Gasteiger partial charge in [0.05, 0.1) is 12.0 Å². The average Bonchev–Trinajstić information content (AvgIpc) is 3.01. The Kier molecular flexibility index (Phi) is 3.42. The summed E-state index contributed by atoms with van der Waals surface area (Å²) in [6.45, 7) is 1.62. The van der Waals surface area contributed by atoms with Crippen molar-refractivity contribution in [3.63, 3.8) is 0 Å². The second kappa shape index (κ2) is 5.36. The summed E-state index contributed by atoms with van der Waals surface area (Å²) in [5, 5.41) is 4.31. The third-order valence-corrected chi connectivity index (χ3v) is 3.59. The molecule has 1 fully saturated rings. The topological polar surface area (TPSA) is 49.0 Å². The van der Waals surface area contributed by atoms with Crippen LogP contribution in [0.25, 0.3) is 5.69 Å². The van der Waals surface area contributed by atoms with Gasteiger partial charge in [-0.1, -0.05) is 12.1 Å². The lowest BCUT2D eigenvalue weighted by atomic mass is 9.89. The standard InChI is InChI=1S/C15H16N3O/c19-15(12-5-7-16-8-6-12)13-3-1-2-4-14(13)18-10-9-17-11-18/h1-4,9-12H,5-8H2. The molecule has 0 bridgehead atoms. The van der Waals surface area contributed by atoms with E-state index >= 15 is 0 Å². The van der Waals surface area contributed by atoms with Crippen LogP contribution in [-0.2, 0) is 0 Å². The van der Waals surface area contributed by atoms with Gasteiger partial charge >= 0.3 is 0 Å². The van der Waals surface area contributed by atoms with Crippen molar-refractivity contribution in [3.8, 4) is 5.69 Å². The zero-order chi connectivity index (χ0) is 13.1. The van der Waals surface area contributed by atoms with Crippen LogP contribution in [0.4, 0.5) is 0 Å². The fourth-order valence-corrected chi connectivity index (χ4v) is 2.54. The van der Waals surface area contributed by atoms with Crippen LogP contribution in [-0.4, -0.2) is 28.4 Å². The van der Waals surface area contributed by atoms with E-state index in [9.17, 15) is 4.79 Å². The molecule has 0 unspecified atom stereocenters. The molecule has 0 amide bonds. The van der Waals surface area contributed by atoms with E-state index < -0.39 is 0 Å². The molecule has 4 heteroatoms. The lowest BCUT2D eigenvalue weighted by Gasteiger charge is -2.21. The molecule has 3 rings (SSSR count). The highest BCUT2D eigenvalue weighted by Gasteiger charge is 2.24. The maximum atomic E-state index is 12.6. The van der Waals surface area contributed by atoms with Crippen molar-refractivity contribution < 1.29 is 4.79 Å². The van der Waals surface area contributed by atoms with Gasteiger partial charge in [-0.2, -0.15) is 0 Å². The third-order valence-electron chi connectivity index (χ3n) is 3.59. The first-order chi connectivity index (χ1) is 9.36. The molecule has 97 valence electrons. The number of aromatic nitrogens is 2. The van der Waals surface area contributed by atoms with E-state index in [1.165, 1.54) is 0 Å². The Balaban J connectivity index is 1.94. The van der Waals surface area contributed by atoms with Crippen molar-refractivity contribution in [1.29, 1.82) is 0 Å². The van der Waals surface area contributed by atoms with E-state index in [1.54, 1.807) is 12.5 Å². The van der Waals surface area contributed by atoms with Crippen molar-refractivity contribution in [2.75, 3.05) is 13.1 Å². The summed E-state index contributed by atoms with van der Waals surface area (Å²) in [4.78, 5) is 16.7. The number of piperidine rings is 1. The molecule has 0 saturated carbocycles. The van der Waals surface area contributed by atoms with Gasteiger partial charge in [0.15, 0.2) is 5.78 Å². The van der Waals surface area contributed by atoms with Crippen LogP contribution in [0.5, 0.6) is 0 Å². The molecule has 4 nitrogen and oxygen atoms in total. The first kappa shape index (κ1) is 12.1. The zero-order valence-corrected chi connectivity index (χ0v) is 10.7. The summed E-state index contributed by atoms with van der Waals surface area (Å²) in [7, 11) is 0. The molecule has 2 aromatic rings. The summed E-state index contributed by atoms with van der Waals surface area (Å²) in [6, 6.07) is 7.73. The van der Waals surface area contributed by atoms with Crippen LogP contribution in [0.15, 0.2) is 43.0 Å². The van der Waals surface area contributed by atoms with Crippen molar-refractivity contribution in [2.24, 2.45) is 5.92 Å². The molecule has 1 aromatic heterocycles. The number of carbonyl (C=O) groups is 1. The Hall–Kier alpha value is -1.94. The van der Waals surface area contributed by atoms with E-state index in [0.29, 0.717) is 0 Å². The number of hydrogen-bond donors (Lipinski definition) is 0. The number of hydrogen-bond acceptors (Lipinski definition) is 2.